The van der Waals surface area contributed by atoms with Crippen molar-refractivity contribution in [2.45, 2.75) is 18.2 Å². The first kappa shape index (κ1) is 19.2. The summed E-state index contributed by atoms with van der Waals surface area (Å²) >= 11 is 5.98. The molecule has 134 valence electrons. The van der Waals surface area contributed by atoms with E-state index in [4.69, 9.17) is 16.3 Å². The van der Waals surface area contributed by atoms with Crippen LogP contribution >= 0.6 is 11.6 Å². The number of carbonyl (C=O) groups is 1. The molecule has 8 heteroatoms. The van der Waals surface area contributed by atoms with Crippen LogP contribution in [0.3, 0.4) is 0 Å². The molecule has 0 saturated carbocycles. The normalized spacial score (nSPS) is 11.2. The maximum atomic E-state index is 13.0. The van der Waals surface area contributed by atoms with E-state index in [1.165, 1.54) is 37.4 Å². The number of ether oxygens (including phenoxy) is 1. The number of nitrogens with zero attached hydrogens (tertiary/aromatic N) is 1. The molecule has 0 aromatic heterocycles. The van der Waals surface area contributed by atoms with Gasteiger partial charge in [-0.2, -0.15) is 0 Å². The highest BCUT2D eigenvalue weighted by molar-refractivity contribution is 7.92. The molecule has 0 heterocycles. The van der Waals surface area contributed by atoms with Crippen molar-refractivity contribution in [3.63, 3.8) is 0 Å². The maximum Gasteiger partial charge on any atom is 0.339 e. The Morgan fingerprint density at radius 1 is 1.20 bits per heavy atom. The Kier molecular flexibility index (Phi) is 6.02. The second-order valence-corrected chi connectivity index (χ2v) is 7.60. The zero-order chi connectivity index (χ0) is 18.6. The van der Waals surface area contributed by atoms with E-state index in [0.717, 1.165) is 16.4 Å². The van der Waals surface area contributed by atoms with Crippen LogP contribution in [0.1, 0.15) is 23.7 Å². The number of carbonyl (C=O) groups excluding carboxylic acids is 1. The standard InChI is InChI=1S/C17H17ClFNO4S/c1-3-10-24-17(21)15-11-14(8-9-16(15)18)25(22,23)20(2)13-6-4-12(19)5-7-13/h4-9,11H,3,10H2,1-2H3. The molecule has 0 aliphatic carbocycles. The van der Waals surface area contributed by atoms with Crippen molar-refractivity contribution in [1.29, 1.82) is 0 Å². The van der Waals surface area contributed by atoms with E-state index in [-0.39, 0.29) is 27.8 Å². The van der Waals surface area contributed by atoms with Gasteiger partial charge in [0.25, 0.3) is 10.0 Å². The average molecular weight is 386 g/mol. The molecule has 0 aliphatic rings. The van der Waals surface area contributed by atoms with Crippen LogP contribution in [0.4, 0.5) is 10.1 Å². The van der Waals surface area contributed by atoms with Gasteiger partial charge in [-0.3, -0.25) is 4.31 Å². The minimum Gasteiger partial charge on any atom is -0.462 e. The average Bonchev–Trinajstić information content (AvgIpc) is 2.59. The Morgan fingerprint density at radius 3 is 2.44 bits per heavy atom. The summed E-state index contributed by atoms with van der Waals surface area (Å²) in [5, 5.41) is 0.101. The monoisotopic (exact) mass is 385 g/mol. The summed E-state index contributed by atoms with van der Waals surface area (Å²) in [6, 6.07) is 8.82. The first-order chi connectivity index (χ1) is 11.8. The molecule has 0 aliphatic heterocycles. The minimum absolute atomic E-state index is 0.0244. The van der Waals surface area contributed by atoms with Gasteiger partial charge in [-0.05, 0) is 48.9 Å². The van der Waals surface area contributed by atoms with Crippen LogP contribution in [0.15, 0.2) is 47.4 Å². The van der Waals surface area contributed by atoms with Gasteiger partial charge in [-0.15, -0.1) is 0 Å². The van der Waals surface area contributed by atoms with Gasteiger partial charge in [0.1, 0.15) is 5.82 Å². The van der Waals surface area contributed by atoms with Crippen LogP contribution in [-0.4, -0.2) is 28.0 Å². The molecule has 0 N–H and O–H groups in total. The molecular formula is C17H17ClFNO4S. The van der Waals surface area contributed by atoms with Crippen LogP contribution in [-0.2, 0) is 14.8 Å². The fraction of sp³-hybridized carbons (Fsp3) is 0.235. The fourth-order valence-corrected chi connectivity index (χ4v) is 3.46. The molecular weight excluding hydrogens is 369 g/mol. The van der Waals surface area contributed by atoms with E-state index < -0.39 is 21.8 Å². The van der Waals surface area contributed by atoms with Crippen LogP contribution < -0.4 is 4.31 Å². The van der Waals surface area contributed by atoms with Gasteiger partial charge in [-0.25, -0.2) is 17.6 Å². The van der Waals surface area contributed by atoms with Crippen LogP contribution in [0.5, 0.6) is 0 Å². The molecule has 2 rings (SSSR count). The lowest BCUT2D eigenvalue weighted by Crippen LogP contribution is -2.26. The number of rotatable bonds is 6. The van der Waals surface area contributed by atoms with Crippen LogP contribution in [0.25, 0.3) is 0 Å². The maximum absolute atomic E-state index is 13.0. The molecule has 0 bridgehead atoms. The van der Waals surface area contributed by atoms with Crippen LogP contribution in [0, 0.1) is 5.82 Å². The molecule has 0 amide bonds. The van der Waals surface area contributed by atoms with Gasteiger partial charge in [0, 0.05) is 7.05 Å². The van der Waals surface area contributed by atoms with Crippen molar-refractivity contribution in [3.05, 3.63) is 58.9 Å². The van der Waals surface area contributed by atoms with Crippen LogP contribution in [0.2, 0.25) is 5.02 Å². The Hall–Kier alpha value is -2.12. The first-order valence-corrected chi connectivity index (χ1v) is 9.30. The van der Waals surface area contributed by atoms with Crippen molar-refractivity contribution in [1.82, 2.24) is 0 Å². The van der Waals surface area contributed by atoms with E-state index in [9.17, 15) is 17.6 Å². The topological polar surface area (TPSA) is 63.7 Å². The summed E-state index contributed by atoms with van der Waals surface area (Å²) in [4.78, 5) is 11.9. The van der Waals surface area contributed by atoms with Crippen molar-refractivity contribution in [2.75, 3.05) is 18.0 Å². The molecule has 0 saturated heterocycles. The smallest absolute Gasteiger partial charge is 0.339 e. The predicted molar refractivity (Wildman–Crippen MR) is 94.0 cm³/mol. The van der Waals surface area contributed by atoms with E-state index >= 15 is 0 Å². The zero-order valence-corrected chi connectivity index (χ0v) is 15.3. The van der Waals surface area contributed by atoms with Crippen molar-refractivity contribution < 1.29 is 22.3 Å². The van der Waals surface area contributed by atoms with Crippen molar-refractivity contribution in [2.24, 2.45) is 0 Å². The number of benzene rings is 2. The minimum atomic E-state index is -3.95. The molecule has 2 aromatic carbocycles. The fourth-order valence-electron chi connectivity index (χ4n) is 2.04. The van der Waals surface area contributed by atoms with Crippen molar-refractivity contribution >= 4 is 33.3 Å². The molecule has 5 nitrogen and oxygen atoms in total. The molecule has 2 aromatic rings. The second-order valence-electron chi connectivity index (χ2n) is 5.23. The third-order valence-electron chi connectivity index (χ3n) is 3.44. The summed E-state index contributed by atoms with van der Waals surface area (Å²) < 4.78 is 44.5. The lowest BCUT2D eigenvalue weighted by Gasteiger charge is -2.20. The zero-order valence-electron chi connectivity index (χ0n) is 13.7. The Balaban J connectivity index is 2.39. The highest BCUT2D eigenvalue weighted by Crippen LogP contribution is 2.26. The van der Waals surface area contributed by atoms with Gasteiger partial charge in [0.15, 0.2) is 0 Å². The van der Waals surface area contributed by atoms with Gasteiger partial charge >= 0.3 is 5.97 Å². The number of halogens is 2. The third kappa shape index (κ3) is 4.29. The van der Waals surface area contributed by atoms with E-state index in [1.54, 1.807) is 0 Å². The SMILES string of the molecule is CCCOC(=O)c1cc(S(=O)(=O)N(C)c2ccc(F)cc2)ccc1Cl. The Bertz CT molecular complexity index is 869. The second kappa shape index (κ2) is 7.84. The number of hydrogen-bond donors (Lipinski definition) is 0. The highest BCUT2D eigenvalue weighted by atomic mass is 35.5. The number of anilines is 1. The Morgan fingerprint density at radius 2 is 1.84 bits per heavy atom. The lowest BCUT2D eigenvalue weighted by atomic mass is 10.2. The molecule has 0 fully saturated rings. The summed E-state index contributed by atoms with van der Waals surface area (Å²) in [7, 11) is -2.61. The summed E-state index contributed by atoms with van der Waals surface area (Å²) in [6.07, 6.45) is 0.634. The third-order valence-corrected chi connectivity index (χ3v) is 5.55. The summed E-state index contributed by atoms with van der Waals surface area (Å²) in [6.45, 7) is 2.05. The van der Waals surface area contributed by atoms with Gasteiger partial charge in [-0.1, -0.05) is 18.5 Å². The van der Waals surface area contributed by atoms with E-state index in [1.807, 2.05) is 6.92 Å². The number of esters is 1. The first-order valence-electron chi connectivity index (χ1n) is 7.48. The van der Waals surface area contributed by atoms with Gasteiger partial charge < -0.3 is 4.74 Å². The van der Waals surface area contributed by atoms with E-state index in [2.05, 4.69) is 0 Å². The molecule has 0 atom stereocenters. The summed E-state index contributed by atoms with van der Waals surface area (Å²) in [5.74, 6) is -1.16. The molecule has 25 heavy (non-hydrogen) atoms. The summed E-state index contributed by atoms with van der Waals surface area (Å²) in [5.41, 5.74) is 0.259. The van der Waals surface area contributed by atoms with Gasteiger partial charge in [0.2, 0.25) is 0 Å². The quantitative estimate of drug-likeness (QED) is 0.708. The lowest BCUT2D eigenvalue weighted by molar-refractivity contribution is 0.0505. The Labute approximate surface area is 151 Å². The molecule has 0 spiro atoms. The predicted octanol–water partition coefficient (Wildman–Crippen LogP) is 3.87. The van der Waals surface area contributed by atoms with Gasteiger partial charge in [0.05, 0.1) is 27.8 Å². The molecule has 0 radical (unpaired) electrons. The molecule has 0 unspecified atom stereocenters. The number of sulfonamides is 1. The number of hydrogen-bond acceptors (Lipinski definition) is 4. The largest absolute Gasteiger partial charge is 0.462 e. The van der Waals surface area contributed by atoms with Crippen molar-refractivity contribution in [3.8, 4) is 0 Å². The highest BCUT2D eigenvalue weighted by Gasteiger charge is 2.24. The van der Waals surface area contributed by atoms with E-state index in [0.29, 0.717) is 6.42 Å².